The zero-order valence-electron chi connectivity index (χ0n) is 14.3. The Morgan fingerprint density at radius 2 is 1.96 bits per heavy atom. The summed E-state index contributed by atoms with van der Waals surface area (Å²) in [5.74, 6) is 0.191. The molecule has 1 saturated carbocycles. The van der Waals surface area contributed by atoms with Crippen molar-refractivity contribution < 1.29 is 14.4 Å². The zero-order valence-corrected chi connectivity index (χ0v) is 14.3. The highest BCUT2D eigenvalue weighted by atomic mass is 16.2. The van der Waals surface area contributed by atoms with Crippen molar-refractivity contribution in [2.24, 2.45) is 11.8 Å². The van der Waals surface area contributed by atoms with E-state index in [0.717, 1.165) is 12.8 Å². The minimum atomic E-state index is -0.438. The Morgan fingerprint density at radius 1 is 1.26 bits per heavy atom. The largest absolute Gasteiger partial charge is 0.353 e. The van der Waals surface area contributed by atoms with Crippen LogP contribution in [0.5, 0.6) is 0 Å². The van der Waals surface area contributed by atoms with Crippen molar-refractivity contribution in [2.75, 3.05) is 19.6 Å². The van der Waals surface area contributed by atoms with Crippen molar-refractivity contribution in [1.29, 1.82) is 0 Å². The monoisotopic (exact) mass is 323 g/mol. The van der Waals surface area contributed by atoms with Gasteiger partial charge in [-0.15, -0.1) is 0 Å². The second kappa shape index (κ2) is 8.31. The molecule has 6 heteroatoms. The van der Waals surface area contributed by atoms with E-state index in [-0.39, 0.29) is 30.2 Å². The predicted molar refractivity (Wildman–Crippen MR) is 87.6 cm³/mol. The highest BCUT2D eigenvalue weighted by molar-refractivity contribution is 5.91. The van der Waals surface area contributed by atoms with E-state index < -0.39 is 6.04 Å². The molecule has 2 rings (SSSR count). The van der Waals surface area contributed by atoms with Crippen molar-refractivity contribution in [3.8, 4) is 0 Å². The van der Waals surface area contributed by atoms with Crippen LogP contribution in [0.4, 0.5) is 0 Å². The number of nitrogens with zero attached hydrogens (tertiary/aromatic N) is 1. The lowest BCUT2D eigenvalue weighted by Crippen LogP contribution is -2.60. The van der Waals surface area contributed by atoms with Crippen molar-refractivity contribution in [3.63, 3.8) is 0 Å². The van der Waals surface area contributed by atoms with Crippen LogP contribution in [0.25, 0.3) is 0 Å². The smallest absolute Gasteiger partial charge is 0.243 e. The number of carbonyl (C=O) groups excluding carboxylic acids is 3. The molecule has 6 nitrogen and oxygen atoms in total. The summed E-state index contributed by atoms with van der Waals surface area (Å²) in [4.78, 5) is 38.0. The van der Waals surface area contributed by atoms with Gasteiger partial charge >= 0.3 is 0 Å². The van der Waals surface area contributed by atoms with Crippen LogP contribution in [0.2, 0.25) is 0 Å². The SMILES string of the molecule is CC(C)C1C(=O)NCCN1C(=O)CNC(=O)CC1CCCCC1. The van der Waals surface area contributed by atoms with E-state index in [1.54, 1.807) is 4.90 Å². The third-order valence-electron chi connectivity index (χ3n) is 4.84. The highest BCUT2D eigenvalue weighted by Crippen LogP contribution is 2.26. The summed E-state index contributed by atoms with van der Waals surface area (Å²) in [6, 6.07) is -0.438. The van der Waals surface area contributed by atoms with Gasteiger partial charge < -0.3 is 15.5 Å². The molecule has 0 radical (unpaired) electrons. The first-order valence-electron chi connectivity index (χ1n) is 8.83. The number of carbonyl (C=O) groups is 3. The van der Waals surface area contributed by atoms with Gasteiger partial charge in [0.25, 0.3) is 0 Å². The molecule has 0 bridgehead atoms. The maximum atomic E-state index is 12.4. The van der Waals surface area contributed by atoms with Crippen LogP contribution in [0, 0.1) is 11.8 Å². The lowest BCUT2D eigenvalue weighted by Gasteiger charge is -2.37. The van der Waals surface area contributed by atoms with Crippen LogP contribution in [0.15, 0.2) is 0 Å². The second-order valence-corrected chi connectivity index (χ2v) is 7.05. The Kier molecular flexibility index (Phi) is 6.42. The predicted octanol–water partition coefficient (Wildman–Crippen LogP) is 1.06. The van der Waals surface area contributed by atoms with Gasteiger partial charge in [0.1, 0.15) is 6.04 Å². The van der Waals surface area contributed by atoms with Gasteiger partial charge in [-0.05, 0) is 24.7 Å². The Labute approximate surface area is 138 Å². The number of nitrogens with one attached hydrogen (secondary N) is 2. The van der Waals surface area contributed by atoms with E-state index in [4.69, 9.17) is 0 Å². The van der Waals surface area contributed by atoms with Crippen LogP contribution in [0.3, 0.4) is 0 Å². The summed E-state index contributed by atoms with van der Waals surface area (Å²) in [7, 11) is 0. The molecule has 3 amide bonds. The quantitative estimate of drug-likeness (QED) is 0.794. The number of piperazine rings is 1. The average Bonchev–Trinajstić information content (AvgIpc) is 2.53. The molecule has 0 aromatic carbocycles. The zero-order chi connectivity index (χ0) is 16.8. The summed E-state index contributed by atoms with van der Waals surface area (Å²) in [6.45, 7) is 4.83. The Balaban J connectivity index is 1.80. The summed E-state index contributed by atoms with van der Waals surface area (Å²) in [6.07, 6.45) is 6.42. The van der Waals surface area contributed by atoms with Crippen LogP contribution < -0.4 is 10.6 Å². The lowest BCUT2D eigenvalue weighted by molar-refractivity contribution is -0.145. The van der Waals surface area contributed by atoms with Crippen molar-refractivity contribution >= 4 is 17.7 Å². The highest BCUT2D eigenvalue weighted by Gasteiger charge is 2.35. The summed E-state index contributed by atoms with van der Waals surface area (Å²) < 4.78 is 0. The molecule has 2 aliphatic rings. The Hall–Kier alpha value is -1.59. The summed E-state index contributed by atoms with van der Waals surface area (Å²) in [5.41, 5.74) is 0. The van der Waals surface area contributed by atoms with E-state index >= 15 is 0 Å². The third kappa shape index (κ3) is 4.94. The first kappa shape index (κ1) is 17.8. The summed E-state index contributed by atoms with van der Waals surface area (Å²) in [5, 5.41) is 5.54. The normalized spacial score (nSPS) is 22.8. The number of hydrogen-bond donors (Lipinski definition) is 2. The second-order valence-electron chi connectivity index (χ2n) is 7.05. The van der Waals surface area contributed by atoms with Crippen LogP contribution in [-0.2, 0) is 14.4 Å². The van der Waals surface area contributed by atoms with Gasteiger partial charge in [0.15, 0.2) is 0 Å². The first-order valence-corrected chi connectivity index (χ1v) is 8.83. The molecule has 130 valence electrons. The van der Waals surface area contributed by atoms with Gasteiger partial charge in [0.05, 0.1) is 6.54 Å². The van der Waals surface area contributed by atoms with E-state index in [1.807, 2.05) is 13.8 Å². The molecule has 23 heavy (non-hydrogen) atoms. The fraction of sp³-hybridized carbons (Fsp3) is 0.824. The summed E-state index contributed by atoms with van der Waals surface area (Å²) >= 11 is 0. The van der Waals surface area contributed by atoms with Crippen LogP contribution in [0.1, 0.15) is 52.4 Å². The van der Waals surface area contributed by atoms with Crippen LogP contribution in [-0.4, -0.2) is 48.3 Å². The van der Waals surface area contributed by atoms with Gasteiger partial charge in [0, 0.05) is 19.5 Å². The molecule has 1 heterocycles. The van der Waals surface area contributed by atoms with E-state index in [1.165, 1.54) is 19.3 Å². The molecule has 0 aromatic rings. The molecule has 1 unspecified atom stereocenters. The van der Waals surface area contributed by atoms with Crippen molar-refractivity contribution in [1.82, 2.24) is 15.5 Å². The van der Waals surface area contributed by atoms with Crippen LogP contribution >= 0.6 is 0 Å². The topological polar surface area (TPSA) is 78.5 Å². The average molecular weight is 323 g/mol. The minimum absolute atomic E-state index is 0.0119. The minimum Gasteiger partial charge on any atom is -0.353 e. The molecule has 1 aliphatic heterocycles. The Bertz CT molecular complexity index is 444. The molecular formula is C17H29N3O3. The number of hydrogen-bond acceptors (Lipinski definition) is 3. The van der Waals surface area contributed by atoms with E-state index in [0.29, 0.717) is 25.4 Å². The van der Waals surface area contributed by atoms with Gasteiger partial charge in [-0.25, -0.2) is 0 Å². The van der Waals surface area contributed by atoms with Crippen molar-refractivity contribution in [2.45, 2.75) is 58.4 Å². The molecular weight excluding hydrogens is 294 g/mol. The maximum absolute atomic E-state index is 12.4. The van der Waals surface area contributed by atoms with Gasteiger partial charge in [-0.2, -0.15) is 0 Å². The van der Waals surface area contributed by atoms with Gasteiger partial charge in [-0.1, -0.05) is 33.1 Å². The fourth-order valence-corrected chi connectivity index (χ4v) is 3.63. The van der Waals surface area contributed by atoms with E-state index in [2.05, 4.69) is 10.6 Å². The molecule has 1 saturated heterocycles. The van der Waals surface area contributed by atoms with Gasteiger partial charge in [0.2, 0.25) is 17.7 Å². The maximum Gasteiger partial charge on any atom is 0.243 e. The Morgan fingerprint density at radius 3 is 2.61 bits per heavy atom. The molecule has 0 aromatic heterocycles. The molecule has 2 N–H and O–H groups in total. The van der Waals surface area contributed by atoms with E-state index in [9.17, 15) is 14.4 Å². The molecule has 1 atom stereocenters. The molecule has 0 spiro atoms. The first-order chi connectivity index (χ1) is 11.0. The van der Waals surface area contributed by atoms with Crippen molar-refractivity contribution in [3.05, 3.63) is 0 Å². The lowest BCUT2D eigenvalue weighted by atomic mass is 9.87. The number of rotatable bonds is 5. The molecule has 1 aliphatic carbocycles. The number of amides is 3. The molecule has 2 fully saturated rings. The fourth-order valence-electron chi connectivity index (χ4n) is 3.63. The standard InChI is InChI=1S/C17H29N3O3/c1-12(2)16-17(23)18-8-9-20(16)15(22)11-19-14(21)10-13-6-4-3-5-7-13/h12-13,16H,3-11H2,1-2H3,(H,18,23)(H,19,21). The van der Waals surface area contributed by atoms with Gasteiger partial charge in [-0.3, -0.25) is 14.4 Å². The third-order valence-corrected chi connectivity index (χ3v) is 4.84.